The minimum absolute atomic E-state index is 0.00586. The number of fused-ring (bicyclic) bond motifs is 1. The van der Waals surface area contributed by atoms with Crippen molar-refractivity contribution in [1.29, 1.82) is 5.26 Å². The molecule has 2 saturated carbocycles. The van der Waals surface area contributed by atoms with Crippen LogP contribution in [0.4, 0.5) is 14.9 Å². The number of halogens is 1. The lowest BCUT2D eigenvalue weighted by Crippen LogP contribution is -2.35. The maximum absolute atomic E-state index is 15.0. The van der Waals surface area contributed by atoms with E-state index >= 15 is 4.39 Å². The third kappa shape index (κ3) is 3.32. The van der Waals surface area contributed by atoms with Crippen molar-refractivity contribution < 1.29 is 18.7 Å². The number of nitriles is 1. The molecule has 2 N–H and O–H groups in total. The van der Waals surface area contributed by atoms with Gasteiger partial charge in [-0.2, -0.15) is 5.26 Å². The number of rotatable bonds is 6. The first-order chi connectivity index (χ1) is 16.5. The second kappa shape index (κ2) is 7.77. The van der Waals surface area contributed by atoms with Crippen LogP contribution in [0.25, 0.3) is 11.1 Å². The lowest BCUT2D eigenvalue weighted by molar-refractivity contribution is -0.122. The number of hydrogen-bond donors (Lipinski definition) is 2. The van der Waals surface area contributed by atoms with E-state index in [1.807, 2.05) is 12.1 Å². The highest BCUT2D eigenvalue weighted by molar-refractivity contribution is 5.90. The van der Waals surface area contributed by atoms with E-state index in [2.05, 4.69) is 21.7 Å². The summed E-state index contributed by atoms with van der Waals surface area (Å²) in [6.07, 6.45) is 2.44. The van der Waals surface area contributed by atoms with Crippen LogP contribution in [0.2, 0.25) is 0 Å². The van der Waals surface area contributed by atoms with E-state index in [1.165, 1.54) is 11.0 Å². The van der Waals surface area contributed by atoms with Gasteiger partial charge in [0.1, 0.15) is 11.9 Å². The molecular formula is C25H24FN5O3. The molecule has 9 heteroatoms. The quantitative estimate of drug-likeness (QED) is 0.684. The molecule has 2 saturated heterocycles. The van der Waals surface area contributed by atoms with Gasteiger partial charge in [-0.3, -0.25) is 14.7 Å². The molecule has 174 valence electrons. The summed E-state index contributed by atoms with van der Waals surface area (Å²) in [7, 11) is 0. The van der Waals surface area contributed by atoms with Gasteiger partial charge < -0.3 is 15.4 Å². The Hall–Kier alpha value is -3.51. The summed E-state index contributed by atoms with van der Waals surface area (Å²) in [6, 6.07) is 10.7. The summed E-state index contributed by atoms with van der Waals surface area (Å²) in [5, 5.41) is 15.6. The highest BCUT2D eigenvalue weighted by Crippen LogP contribution is 2.61. The van der Waals surface area contributed by atoms with Crippen molar-refractivity contribution >= 4 is 17.7 Å². The Balaban J connectivity index is 1.15. The van der Waals surface area contributed by atoms with E-state index in [-0.39, 0.29) is 42.2 Å². The van der Waals surface area contributed by atoms with Gasteiger partial charge in [0.25, 0.3) is 0 Å². The van der Waals surface area contributed by atoms with E-state index in [4.69, 9.17) is 4.74 Å². The van der Waals surface area contributed by atoms with Gasteiger partial charge in [0, 0.05) is 53.4 Å². The number of pyridine rings is 1. The van der Waals surface area contributed by atoms with Crippen molar-refractivity contribution in [2.75, 3.05) is 31.1 Å². The zero-order chi connectivity index (χ0) is 23.4. The van der Waals surface area contributed by atoms with Gasteiger partial charge in [-0.15, -0.1) is 0 Å². The van der Waals surface area contributed by atoms with E-state index in [0.29, 0.717) is 16.8 Å². The summed E-state index contributed by atoms with van der Waals surface area (Å²) < 4.78 is 20.4. The first-order valence-corrected chi connectivity index (χ1v) is 11.6. The van der Waals surface area contributed by atoms with Crippen LogP contribution in [0, 0.1) is 34.9 Å². The summed E-state index contributed by atoms with van der Waals surface area (Å²) in [6.45, 7) is 2.06. The summed E-state index contributed by atoms with van der Waals surface area (Å²) in [5.41, 5.74) is 2.07. The molecule has 1 aromatic carbocycles. The van der Waals surface area contributed by atoms with Gasteiger partial charge >= 0.3 is 6.09 Å². The molecule has 2 aromatic rings. The van der Waals surface area contributed by atoms with Crippen molar-refractivity contribution in [1.82, 2.24) is 15.6 Å². The first kappa shape index (κ1) is 21.1. The van der Waals surface area contributed by atoms with Gasteiger partial charge in [0.05, 0.1) is 30.8 Å². The molecule has 8 nitrogen and oxygen atoms in total. The predicted octanol–water partition coefficient (Wildman–Crippen LogP) is 2.35. The Morgan fingerprint density at radius 1 is 1.35 bits per heavy atom. The van der Waals surface area contributed by atoms with Crippen molar-refractivity contribution in [2.24, 2.45) is 17.8 Å². The third-order valence-electron chi connectivity index (χ3n) is 7.57. The number of anilines is 1. The molecular weight excluding hydrogens is 437 g/mol. The largest absolute Gasteiger partial charge is 0.442 e. The summed E-state index contributed by atoms with van der Waals surface area (Å²) >= 11 is 0. The smallest absolute Gasteiger partial charge is 0.414 e. The fraction of sp³-hybridized carbons (Fsp3) is 0.440. The number of carbonyl (C=O) groups excluding carboxylic acids is 2. The number of carbonyl (C=O) groups is 2. The number of cyclic esters (lactones) is 1. The Labute approximate surface area is 196 Å². The standard InChI is InChI=1S/C25H24FN5O3/c26-21-7-16(31-12-17(34-24(31)33)10-30-23(32)14-1-2-14)4-5-18(21)15-3-6-22(29-9-15)25-13-28-11-20(25)19(25)8-27/h3-7,9,14,17,19-20,28H,1-2,10-13H2,(H,30,32)/t17-,19-,20+,25+/m0/s1. The van der Waals surface area contributed by atoms with Crippen LogP contribution < -0.4 is 15.5 Å². The molecule has 2 aliphatic carbocycles. The molecule has 34 heavy (non-hydrogen) atoms. The Bertz CT molecular complexity index is 1210. The molecule has 2 amide bonds. The fourth-order valence-corrected chi connectivity index (χ4v) is 5.42. The van der Waals surface area contributed by atoms with Crippen LogP contribution in [0.3, 0.4) is 0 Å². The molecule has 0 radical (unpaired) electrons. The summed E-state index contributed by atoms with van der Waals surface area (Å²) in [5.74, 6) is -0.114. The number of amides is 2. The number of benzene rings is 1. The van der Waals surface area contributed by atoms with Gasteiger partial charge in [-0.1, -0.05) is 6.07 Å². The van der Waals surface area contributed by atoms with Crippen LogP contribution >= 0.6 is 0 Å². The molecule has 2 aliphatic heterocycles. The van der Waals surface area contributed by atoms with Crippen molar-refractivity contribution in [3.63, 3.8) is 0 Å². The van der Waals surface area contributed by atoms with Crippen LogP contribution in [-0.4, -0.2) is 49.3 Å². The Kier molecular flexibility index (Phi) is 4.81. The van der Waals surface area contributed by atoms with Crippen LogP contribution in [0.1, 0.15) is 18.5 Å². The monoisotopic (exact) mass is 461 g/mol. The first-order valence-electron chi connectivity index (χ1n) is 11.6. The highest BCUT2D eigenvalue weighted by atomic mass is 19.1. The molecule has 4 atom stereocenters. The molecule has 6 rings (SSSR count). The number of hydrogen-bond acceptors (Lipinski definition) is 6. The average Bonchev–Trinajstić information content (AvgIpc) is 3.72. The summed E-state index contributed by atoms with van der Waals surface area (Å²) in [4.78, 5) is 30.1. The predicted molar refractivity (Wildman–Crippen MR) is 120 cm³/mol. The minimum Gasteiger partial charge on any atom is -0.442 e. The lowest BCUT2D eigenvalue weighted by atomic mass is 9.97. The second-order valence-electron chi connectivity index (χ2n) is 9.62. The van der Waals surface area contributed by atoms with Gasteiger partial charge in [0.2, 0.25) is 5.91 Å². The van der Waals surface area contributed by atoms with Crippen LogP contribution in [0.15, 0.2) is 36.5 Å². The third-order valence-corrected chi connectivity index (χ3v) is 7.57. The Morgan fingerprint density at radius 3 is 2.88 bits per heavy atom. The number of aromatic nitrogens is 1. The van der Waals surface area contributed by atoms with E-state index in [9.17, 15) is 14.9 Å². The highest BCUT2D eigenvalue weighted by Gasteiger charge is 2.69. The molecule has 4 aliphatic rings. The Morgan fingerprint density at radius 2 is 2.21 bits per heavy atom. The molecule has 4 fully saturated rings. The zero-order valence-electron chi connectivity index (χ0n) is 18.5. The van der Waals surface area contributed by atoms with E-state index in [1.54, 1.807) is 18.3 Å². The van der Waals surface area contributed by atoms with Gasteiger partial charge in [-0.05, 0) is 37.1 Å². The number of nitrogens with zero attached hydrogens (tertiary/aromatic N) is 3. The van der Waals surface area contributed by atoms with Gasteiger partial charge in [-0.25, -0.2) is 9.18 Å². The molecule has 1 aromatic heterocycles. The molecule has 0 spiro atoms. The maximum atomic E-state index is 15.0. The minimum atomic E-state index is -0.556. The average molecular weight is 461 g/mol. The number of nitrogens with one attached hydrogen (secondary N) is 2. The van der Waals surface area contributed by atoms with Gasteiger partial charge in [0.15, 0.2) is 0 Å². The van der Waals surface area contributed by atoms with Crippen molar-refractivity contribution in [3.8, 4) is 17.2 Å². The number of ether oxygens (including phenoxy) is 1. The molecule has 3 heterocycles. The lowest BCUT2D eigenvalue weighted by Gasteiger charge is -2.15. The van der Waals surface area contributed by atoms with E-state index < -0.39 is 18.0 Å². The fourth-order valence-electron chi connectivity index (χ4n) is 5.42. The normalized spacial score (nSPS) is 29.4. The van der Waals surface area contributed by atoms with E-state index in [0.717, 1.165) is 31.6 Å². The van der Waals surface area contributed by atoms with Crippen molar-refractivity contribution in [2.45, 2.75) is 24.4 Å². The maximum Gasteiger partial charge on any atom is 0.414 e. The SMILES string of the molecule is N#C[C@H]1[C@H]2CNC[C@]21c1ccc(-c2ccc(N3C[C@H](CNC(=O)C4CC4)OC3=O)cc2F)cn1. The van der Waals surface area contributed by atoms with Crippen LogP contribution in [0.5, 0.6) is 0 Å². The topological polar surface area (TPSA) is 107 Å². The van der Waals surface area contributed by atoms with Crippen molar-refractivity contribution in [3.05, 3.63) is 48.0 Å². The second-order valence-corrected chi connectivity index (χ2v) is 9.62. The van der Waals surface area contributed by atoms with Crippen LogP contribution in [-0.2, 0) is 14.9 Å². The molecule has 0 unspecified atom stereocenters. The molecule has 0 bridgehead atoms. The zero-order valence-corrected chi connectivity index (χ0v) is 18.5. The number of piperidine rings is 1.